The topological polar surface area (TPSA) is 46.1 Å². The number of piperidine rings is 1. The van der Waals surface area contributed by atoms with E-state index in [-0.39, 0.29) is 36.6 Å². The predicted octanol–water partition coefficient (Wildman–Crippen LogP) is 3.51. The molecule has 0 aromatic heterocycles. The first-order valence-corrected chi connectivity index (χ1v) is 8.72. The highest BCUT2D eigenvalue weighted by atomic mass is 127. The van der Waals surface area contributed by atoms with Crippen molar-refractivity contribution in [3.63, 3.8) is 0 Å². The van der Waals surface area contributed by atoms with Crippen LogP contribution in [0.25, 0.3) is 0 Å². The molecule has 1 aromatic carbocycles. The quantitative estimate of drug-likeness (QED) is 0.424. The van der Waals surface area contributed by atoms with Gasteiger partial charge in [0.25, 0.3) is 0 Å². The van der Waals surface area contributed by atoms with Gasteiger partial charge in [0, 0.05) is 30.8 Å². The summed E-state index contributed by atoms with van der Waals surface area (Å²) in [6.07, 6.45) is 2.36. The molecule has 1 N–H and O–H groups in total. The Balaban J connectivity index is 0.00000225. The van der Waals surface area contributed by atoms with Gasteiger partial charge in [-0.2, -0.15) is 0 Å². The first-order valence-electron chi connectivity index (χ1n) is 8.72. The minimum atomic E-state index is -0.273. The maximum Gasteiger partial charge on any atom is 0.194 e. The number of ether oxygens (including phenoxy) is 2. The fraction of sp³-hybridized carbons (Fsp3) is 0.611. The van der Waals surface area contributed by atoms with Gasteiger partial charge in [-0.1, -0.05) is 6.92 Å². The van der Waals surface area contributed by atoms with Crippen LogP contribution in [0.5, 0.6) is 5.75 Å². The van der Waals surface area contributed by atoms with Gasteiger partial charge in [-0.15, -0.1) is 24.0 Å². The van der Waals surface area contributed by atoms with Crippen molar-refractivity contribution in [2.24, 2.45) is 10.9 Å². The summed E-state index contributed by atoms with van der Waals surface area (Å²) in [5.74, 6) is 2.11. The molecule has 2 aliphatic heterocycles. The number of likely N-dealkylation sites (tertiary alicyclic amines) is 1. The summed E-state index contributed by atoms with van der Waals surface area (Å²) in [6, 6.07) is 2.98. The number of hydrogen-bond acceptors (Lipinski definition) is 3. The van der Waals surface area contributed by atoms with E-state index < -0.39 is 0 Å². The van der Waals surface area contributed by atoms with Crippen LogP contribution in [0, 0.1) is 11.7 Å². The molecule has 0 saturated carbocycles. The van der Waals surface area contributed by atoms with E-state index in [1.807, 2.05) is 0 Å². The number of guanidine groups is 1. The fourth-order valence-electron chi connectivity index (χ4n) is 3.18. The van der Waals surface area contributed by atoms with Crippen LogP contribution in [0.15, 0.2) is 17.1 Å². The van der Waals surface area contributed by atoms with Crippen LogP contribution in [0.4, 0.5) is 4.39 Å². The maximum atomic E-state index is 13.8. The van der Waals surface area contributed by atoms with E-state index >= 15 is 0 Å². The lowest BCUT2D eigenvalue weighted by atomic mass is 9.99. The molecule has 3 rings (SSSR count). The SMILES string of the molecule is CCNC(=NCc1cc(F)cc2c1OCOC2)N1CCC(C)CC1.I. The van der Waals surface area contributed by atoms with Crippen molar-refractivity contribution < 1.29 is 13.9 Å². The number of nitrogens with one attached hydrogen (secondary N) is 1. The number of halogens is 2. The van der Waals surface area contributed by atoms with Gasteiger partial charge in [0.15, 0.2) is 12.8 Å². The molecule has 0 unspecified atom stereocenters. The Morgan fingerprint density at radius 2 is 2.12 bits per heavy atom. The minimum Gasteiger partial charge on any atom is -0.467 e. The molecular weight excluding hydrogens is 436 g/mol. The second kappa shape index (κ2) is 9.56. The highest BCUT2D eigenvalue weighted by Crippen LogP contribution is 2.30. The van der Waals surface area contributed by atoms with E-state index in [4.69, 9.17) is 14.5 Å². The maximum absolute atomic E-state index is 13.8. The second-order valence-corrected chi connectivity index (χ2v) is 6.50. The molecule has 2 heterocycles. The molecule has 0 bridgehead atoms. The van der Waals surface area contributed by atoms with Gasteiger partial charge in [-0.25, -0.2) is 9.38 Å². The van der Waals surface area contributed by atoms with Gasteiger partial charge < -0.3 is 19.7 Å². The van der Waals surface area contributed by atoms with Crippen molar-refractivity contribution in [2.75, 3.05) is 26.4 Å². The van der Waals surface area contributed by atoms with Gasteiger partial charge in [0.1, 0.15) is 11.6 Å². The Morgan fingerprint density at radius 1 is 1.36 bits per heavy atom. The number of nitrogens with zero attached hydrogens (tertiary/aromatic N) is 2. The lowest BCUT2D eigenvalue weighted by molar-refractivity contribution is -0.0172. The standard InChI is InChI=1S/C18H26FN3O2.HI/c1-3-20-18(22-6-4-13(2)5-7-22)21-10-14-8-16(19)9-15-11-23-12-24-17(14)15;/h8-9,13H,3-7,10-12H2,1-2H3,(H,20,21);1H. The number of aliphatic imine (C=N–C) groups is 1. The normalized spacial score (nSPS) is 18.2. The average molecular weight is 463 g/mol. The highest BCUT2D eigenvalue weighted by Gasteiger charge is 2.20. The van der Waals surface area contributed by atoms with Crippen LogP contribution in [0.1, 0.15) is 37.8 Å². The molecule has 7 heteroatoms. The van der Waals surface area contributed by atoms with Crippen molar-refractivity contribution in [1.29, 1.82) is 0 Å². The molecule has 0 atom stereocenters. The zero-order valence-electron chi connectivity index (χ0n) is 14.9. The van der Waals surface area contributed by atoms with Crippen LogP contribution in [-0.4, -0.2) is 37.3 Å². The number of hydrogen-bond donors (Lipinski definition) is 1. The van der Waals surface area contributed by atoms with E-state index in [2.05, 4.69) is 24.1 Å². The highest BCUT2D eigenvalue weighted by molar-refractivity contribution is 14.0. The smallest absolute Gasteiger partial charge is 0.194 e. The van der Waals surface area contributed by atoms with Crippen molar-refractivity contribution in [2.45, 2.75) is 39.8 Å². The lowest BCUT2D eigenvalue weighted by Gasteiger charge is -2.33. The Kier molecular flexibility index (Phi) is 7.74. The zero-order valence-corrected chi connectivity index (χ0v) is 17.2. The molecule has 1 aromatic rings. The van der Waals surface area contributed by atoms with Crippen molar-refractivity contribution in [3.05, 3.63) is 29.1 Å². The van der Waals surface area contributed by atoms with E-state index in [0.29, 0.717) is 13.2 Å². The van der Waals surface area contributed by atoms with Crippen LogP contribution >= 0.6 is 24.0 Å². The molecule has 0 aliphatic carbocycles. The van der Waals surface area contributed by atoms with Gasteiger partial charge in [-0.3, -0.25) is 0 Å². The van der Waals surface area contributed by atoms with E-state index in [0.717, 1.165) is 48.4 Å². The van der Waals surface area contributed by atoms with Crippen LogP contribution in [-0.2, 0) is 17.9 Å². The van der Waals surface area contributed by atoms with Crippen molar-refractivity contribution in [1.82, 2.24) is 10.2 Å². The fourth-order valence-corrected chi connectivity index (χ4v) is 3.18. The molecule has 1 saturated heterocycles. The molecule has 0 spiro atoms. The van der Waals surface area contributed by atoms with Gasteiger partial charge >= 0.3 is 0 Å². The summed E-state index contributed by atoms with van der Waals surface area (Å²) >= 11 is 0. The van der Waals surface area contributed by atoms with E-state index in [1.165, 1.54) is 25.0 Å². The molecule has 5 nitrogen and oxygen atoms in total. The summed E-state index contributed by atoms with van der Waals surface area (Å²) in [4.78, 5) is 7.02. The zero-order chi connectivity index (χ0) is 16.9. The number of benzene rings is 1. The third kappa shape index (κ3) is 5.20. The molecule has 140 valence electrons. The van der Waals surface area contributed by atoms with E-state index in [1.54, 1.807) is 0 Å². The second-order valence-electron chi connectivity index (χ2n) is 6.50. The third-order valence-electron chi connectivity index (χ3n) is 4.57. The monoisotopic (exact) mass is 463 g/mol. The van der Waals surface area contributed by atoms with Gasteiger partial charge in [-0.05, 0) is 37.8 Å². The molecule has 25 heavy (non-hydrogen) atoms. The summed E-state index contributed by atoms with van der Waals surface area (Å²) in [7, 11) is 0. The van der Waals surface area contributed by atoms with Crippen LogP contribution < -0.4 is 10.1 Å². The van der Waals surface area contributed by atoms with E-state index in [9.17, 15) is 4.39 Å². The Bertz CT molecular complexity index is 604. The molecule has 1 fully saturated rings. The average Bonchev–Trinajstić information content (AvgIpc) is 2.59. The minimum absolute atomic E-state index is 0. The molecule has 2 aliphatic rings. The molecular formula is C18H27FIN3O2. The first kappa shape index (κ1) is 20.2. The Labute approximate surface area is 166 Å². The summed E-state index contributed by atoms with van der Waals surface area (Å²) in [5, 5.41) is 3.35. The molecule has 0 radical (unpaired) electrons. The largest absolute Gasteiger partial charge is 0.467 e. The predicted molar refractivity (Wildman–Crippen MR) is 107 cm³/mol. The third-order valence-corrected chi connectivity index (χ3v) is 4.57. The number of rotatable bonds is 3. The van der Waals surface area contributed by atoms with Crippen molar-refractivity contribution in [3.8, 4) is 5.75 Å². The summed E-state index contributed by atoms with van der Waals surface area (Å²) < 4.78 is 24.6. The lowest BCUT2D eigenvalue weighted by Crippen LogP contribution is -2.45. The molecule has 0 amide bonds. The van der Waals surface area contributed by atoms with Crippen molar-refractivity contribution >= 4 is 29.9 Å². The van der Waals surface area contributed by atoms with Gasteiger partial charge in [0.2, 0.25) is 0 Å². The van der Waals surface area contributed by atoms with Gasteiger partial charge in [0.05, 0.1) is 13.2 Å². The van der Waals surface area contributed by atoms with Crippen LogP contribution in [0.2, 0.25) is 0 Å². The summed E-state index contributed by atoms with van der Waals surface area (Å²) in [6.45, 7) is 8.18. The Morgan fingerprint density at radius 3 is 2.84 bits per heavy atom. The first-order chi connectivity index (χ1) is 11.7. The number of fused-ring (bicyclic) bond motifs is 1. The Hall–Kier alpha value is -1.09. The van der Waals surface area contributed by atoms with Crippen LogP contribution in [0.3, 0.4) is 0 Å². The summed E-state index contributed by atoms with van der Waals surface area (Å²) in [5.41, 5.74) is 1.53.